The lowest BCUT2D eigenvalue weighted by atomic mass is 10.1. The first-order chi connectivity index (χ1) is 9.54. The second kappa shape index (κ2) is 8.32. The summed E-state index contributed by atoms with van der Waals surface area (Å²) in [6.45, 7) is 3.93. The molecule has 1 rings (SSSR count). The Morgan fingerprint density at radius 1 is 1.25 bits per heavy atom. The molecule has 0 bridgehead atoms. The van der Waals surface area contributed by atoms with E-state index in [1.807, 2.05) is 0 Å². The summed E-state index contributed by atoms with van der Waals surface area (Å²) >= 11 is 0. The molecule has 0 radical (unpaired) electrons. The molecule has 1 unspecified atom stereocenters. The molecule has 0 fully saturated rings. The highest BCUT2D eigenvalue weighted by Gasteiger charge is 2.16. The van der Waals surface area contributed by atoms with E-state index in [0.717, 1.165) is 0 Å². The topological polar surface area (TPSA) is 61.8 Å². The van der Waals surface area contributed by atoms with Gasteiger partial charge >= 0.3 is 5.97 Å². The number of carbonyl (C=O) groups is 2. The molecule has 1 aromatic carbocycles. The lowest BCUT2D eigenvalue weighted by Crippen LogP contribution is -2.26. The van der Waals surface area contributed by atoms with E-state index >= 15 is 0 Å². The van der Waals surface area contributed by atoms with E-state index in [4.69, 9.17) is 14.2 Å². The van der Waals surface area contributed by atoms with E-state index in [1.165, 1.54) is 6.92 Å². The van der Waals surface area contributed by atoms with Crippen molar-refractivity contribution >= 4 is 11.8 Å². The third kappa shape index (κ3) is 5.40. The van der Waals surface area contributed by atoms with Gasteiger partial charge in [0.1, 0.15) is 5.75 Å². The number of carbonyl (C=O) groups excluding carboxylic acids is 2. The fraction of sp³-hybridized carbons (Fsp3) is 0.467. The van der Waals surface area contributed by atoms with Crippen LogP contribution in [0.1, 0.15) is 30.6 Å². The van der Waals surface area contributed by atoms with Crippen LogP contribution in [0.2, 0.25) is 0 Å². The van der Waals surface area contributed by atoms with Gasteiger partial charge in [0, 0.05) is 25.7 Å². The van der Waals surface area contributed by atoms with Gasteiger partial charge in [0.25, 0.3) is 0 Å². The van der Waals surface area contributed by atoms with Gasteiger partial charge in [-0.1, -0.05) is 12.1 Å². The summed E-state index contributed by atoms with van der Waals surface area (Å²) in [6, 6.07) is 6.71. The Labute approximate surface area is 118 Å². The second-order valence-corrected chi connectivity index (χ2v) is 4.36. The molecule has 1 atom stereocenters. The Morgan fingerprint density at radius 3 is 2.65 bits per heavy atom. The number of esters is 1. The predicted octanol–water partition coefficient (Wildman–Crippen LogP) is 2.24. The molecule has 5 nitrogen and oxygen atoms in total. The molecule has 110 valence electrons. The minimum atomic E-state index is -0.722. The first-order valence-electron chi connectivity index (χ1n) is 6.48. The van der Waals surface area contributed by atoms with Gasteiger partial charge in [-0.3, -0.25) is 4.79 Å². The van der Waals surface area contributed by atoms with Crippen molar-refractivity contribution in [2.75, 3.05) is 20.3 Å². The molecule has 0 amide bonds. The maximum Gasteiger partial charge on any atom is 0.347 e. The van der Waals surface area contributed by atoms with Crippen LogP contribution in [0.15, 0.2) is 24.3 Å². The van der Waals surface area contributed by atoms with E-state index in [1.54, 1.807) is 38.3 Å². The second-order valence-electron chi connectivity index (χ2n) is 4.36. The van der Waals surface area contributed by atoms with Gasteiger partial charge in [-0.2, -0.15) is 0 Å². The largest absolute Gasteiger partial charge is 0.479 e. The van der Waals surface area contributed by atoms with Crippen molar-refractivity contribution in [1.29, 1.82) is 0 Å². The van der Waals surface area contributed by atoms with Crippen LogP contribution in [0.3, 0.4) is 0 Å². The number of ether oxygens (including phenoxy) is 3. The van der Waals surface area contributed by atoms with Gasteiger partial charge in [-0.05, 0) is 26.0 Å². The quantitative estimate of drug-likeness (QED) is 0.415. The molecule has 0 heterocycles. The summed E-state index contributed by atoms with van der Waals surface area (Å²) in [4.78, 5) is 22.9. The van der Waals surface area contributed by atoms with Crippen LogP contribution in [0.4, 0.5) is 0 Å². The van der Waals surface area contributed by atoms with Crippen LogP contribution in [0, 0.1) is 0 Å². The zero-order valence-corrected chi connectivity index (χ0v) is 12.0. The smallest absolute Gasteiger partial charge is 0.347 e. The minimum Gasteiger partial charge on any atom is -0.479 e. The van der Waals surface area contributed by atoms with E-state index in [9.17, 15) is 9.59 Å². The Bertz CT molecular complexity index is 455. The summed E-state index contributed by atoms with van der Waals surface area (Å²) in [5, 5.41) is 0. The van der Waals surface area contributed by atoms with Crippen LogP contribution in [0.5, 0.6) is 5.75 Å². The molecule has 0 aromatic heterocycles. The number of ketones is 1. The normalized spacial score (nSPS) is 11.8. The van der Waals surface area contributed by atoms with Crippen molar-refractivity contribution in [3.05, 3.63) is 29.8 Å². The van der Waals surface area contributed by atoms with Gasteiger partial charge in [0.2, 0.25) is 0 Å². The van der Waals surface area contributed by atoms with Gasteiger partial charge in [-0.25, -0.2) is 4.79 Å². The molecule has 0 spiro atoms. The summed E-state index contributed by atoms with van der Waals surface area (Å²) in [6.07, 6.45) is -0.0749. The van der Waals surface area contributed by atoms with Crippen molar-refractivity contribution < 1.29 is 23.8 Å². The third-order valence-corrected chi connectivity index (χ3v) is 2.62. The highest BCUT2D eigenvalue weighted by Crippen LogP contribution is 2.15. The first-order valence-corrected chi connectivity index (χ1v) is 6.48. The average molecular weight is 280 g/mol. The Hall–Kier alpha value is -1.88. The molecule has 0 aliphatic carbocycles. The van der Waals surface area contributed by atoms with Gasteiger partial charge in [0.15, 0.2) is 11.9 Å². The number of benzene rings is 1. The average Bonchev–Trinajstić information content (AvgIpc) is 2.43. The molecule has 0 aliphatic rings. The molecule has 1 aromatic rings. The van der Waals surface area contributed by atoms with Crippen molar-refractivity contribution in [1.82, 2.24) is 0 Å². The summed E-state index contributed by atoms with van der Waals surface area (Å²) in [5.41, 5.74) is 0.545. The third-order valence-electron chi connectivity index (χ3n) is 2.62. The molecular weight excluding hydrogens is 260 g/mol. The lowest BCUT2D eigenvalue weighted by Gasteiger charge is -2.14. The van der Waals surface area contributed by atoms with Crippen molar-refractivity contribution in [3.63, 3.8) is 0 Å². The Balaban J connectivity index is 2.48. The van der Waals surface area contributed by atoms with Crippen LogP contribution >= 0.6 is 0 Å². The van der Waals surface area contributed by atoms with Crippen LogP contribution in [-0.4, -0.2) is 38.2 Å². The van der Waals surface area contributed by atoms with Crippen LogP contribution in [-0.2, 0) is 14.3 Å². The fourth-order valence-corrected chi connectivity index (χ4v) is 1.53. The number of methoxy groups -OCH3 is 1. The maximum atomic E-state index is 11.7. The van der Waals surface area contributed by atoms with Gasteiger partial charge in [-0.15, -0.1) is 0 Å². The summed E-state index contributed by atoms with van der Waals surface area (Å²) < 4.78 is 15.4. The highest BCUT2D eigenvalue weighted by molar-refractivity contribution is 5.94. The van der Waals surface area contributed by atoms with Crippen molar-refractivity contribution in [3.8, 4) is 5.75 Å². The van der Waals surface area contributed by atoms with E-state index in [0.29, 0.717) is 30.9 Å². The molecule has 0 saturated carbocycles. The van der Waals surface area contributed by atoms with E-state index < -0.39 is 12.1 Å². The minimum absolute atomic E-state index is 0.0507. The van der Waals surface area contributed by atoms with Crippen molar-refractivity contribution in [2.24, 2.45) is 0 Å². The predicted molar refractivity (Wildman–Crippen MR) is 74.0 cm³/mol. The molecule has 0 saturated heterocycles. The van der Waals surface area contributed by atoms with E-state index in [-0.39, 0.29) is 5.78 Å². The SMILES string of the molecule is COCCCOC(=O)C(C)Oc1cccc(C(C)=O)c1. The van der Waals surface area contributed by atoms with Gasteiger partial charge in [0.05, 0.1) is 6.61 Å². The summed E-state index contributed by atoms with van der Waals surface area (Å²) in [7, 11) is 1.59. The number of rotatable bonds is 8. The number of hydrogen-bond acceptors (Lipinski definition) is 5. The van der Waals surface area contributed by atoms with E-state index in [2.05, 4.69) is 0 Å². The van der Waals surface area contributed by atoms with Crippen LogP contribution < -0.4 is 4.74 Å². The molecule has 0 N–H and O–H groups in total. The van der Waals surface area contributed by atoms with Crippen LogP contribution in [0.25, 0.3) is 0 Å². The van der Waals surface area contributed by atoms with Gasteiger partial charge < -0.3 is 14.2 Å². The number of hydrogen-bond donors (Lipinski definition) is 0. The molecule has 5 heteroatoms. The zero-order chi connectivity index (χ0) is 15.0. The van der Waals surface area contributed by atoms with Crippen molar-refractivity contribution in [2.45, 2.75) is 26.4 Å². The Morgan fingerprint density at radius 2 is 2.00 bits per heavy atom. The number of Topliss-reactive ketones (excluding diaryl/α,β-unsaturated/α-hetero) is 1. The molecule has 0 aliphatic heterocycles. The first kappa shape index (κ1) is 16.2. The maximum absolute atomic E-state index is 11.7. The zero-order valence-electron chi connectivity index (χ0n) is 12.0. The monoisotopic (exact) mass is 280 g/mol. The highest BCUT2D eigenvalue weighted by atomic mass is 16.6. The molecular formula is C15H20O5. The Kier molecular flexibility index (Phi) is 6.73. The molecule has 20 heavy (non-hydrogen) atoms. The fourth-order valence-electron chi connectivity index (χ4n) is 1.53. The standard InChI is InChI=1S/C15H20O5/c1-11(16)13-6-4-7-14(10-13)20-12(2)15(17)19-9-5-8-18-3/h4,6-7,10,12H,5,8-9H2,1-3H3. The summed E-state index contributed by atoms with van der Waals surface area (Å²) in [5.74, 6) is -0.0152. The lowest BCUT2D eigenvalue weighted by molar-refractivity contribution is -0.151.